The van der Waals surface area contributed by atoms with Crippen LogP contribution < -0.4 is 0 Å². The van der Waals surface area contributed by atoms with Crippen LogP contribution in [0.2, 0.25) is 0 Å². The van der Waals surface area contributed by atoms with E-state index in [4.69, 9.17) is 4.74 Å². The molecule has 0 spiro atoms. The number of fused-ring (bicyclic) bond motifs is 1. The summed E-state index contributed by atoms with van der Waals surface area (Å²) in [6.07, 6.45) is 5.97. The van der Waals surface area contributed by atoms with Gasteiger partial charge < -0.3 is 14.0 Å². The van der Waals surface area contributed by atoms with Crippen molar-refractivity contribution < 1.29 is 50.4 Å². The van der Waals surface area contributed by atoms with Gasteiger partial charge >= 0.3 is 5.97 Å². The Morgan fingerprint density at radius 1 is 0.975 bits per heavy atom. The minimum absolute atomic E-state index is 0. The van der Waals surface area contributed by atoms with Crippen molar-refractivity contribution in [3.8, 4) is 0 Å². The van der Waals surface area contributed by atoms with E-state index in [2.05, 4.69) is 4.74 Å². The topological polar surface area (TPSA) is 147 Å². The van der Waals surface area contributed by atoms with Gasteiger partial charge in [-0.25, -0.2) is 17.2 Å². The quantitative estimate of drug-likeness (QED) is 0.163. The summed E-state index contributed by atoms with van der Waals surface area (Å²) in [6, 6.07) is -0.729. The van der Waals surface area contributed by atoms with Gasteiger partial charge in [-0.2, -0.15) is 0 Å². The Bertz CT molecular complexity index is 1240. The van der Waals surface area contributed by atoms with Gasteiger partial charge in [-0.1, -0.05) is 6.61 Å². The molecule has 6 unspecified atom stereocenters. The Labute approximate surface area is 223 Å². The normalized spacial score (nSPS) is 42.6. The number of esters is 2. The average molecular weight is 837 g/mol. The van der Waals surface area contributed by atoms with Crippen molar-refractivity contribution in [3.63, 3.8) is 0 Å². The third-order valence-corrected chi connectivity index (χ3v) is 11.4. The molecule has 216 valence electrons. The smallest absolute Gasteiger partial charge is 0.309 e. The van der Waals surface area contributed by atoms with Gasteiger partial charge in [-0.15, -0.1) is 0 Å². The molecule has 0 aromatic rings. The second-order valence-corrected chi connectivity index (χ2v) is 14.5. The number of nitrogens with zero attached hydrogens (tertiary/aromatic N) is 1. The van der Waals surface area contributed by atoms with Crippen LogP contribution >= 0.6 is 0 Å². The molecule has 1 saturated heterocycles. The van der Waals surface area contributed by atoms with Crippen LogP contribution in [0.3, 0.4) is 0 Å². The van der Waals surface area contributed by atoms with E-state index in [1.165, 1.54) is 4.90 Å². The SMILES string of the molecule is O=C(OC1C2CC3C(C(=O)N(C(=O)C45CC6CC(CC(C6)C4)C5)C31)C2C(=O)O[CH-]C(F)(F)S(=O)(=O)[O-])C1CC1.[Rf]. The van der Waals surface area contributed by atoms with Crippen molar-refractivity contribution in [2.45, 2.75) is 75.2 Å². The predicted molar refractivity (Wildman–Crippen MR) is 122 cm³/mol. The van der Waals surface area contributed by atoms with Gasteiger partial charge in [0.2, 0.25) is 11.8 Å². The number of carbonyl (C=O) groups excluding carboxylic acids is 4. The van der Waals surface area contributed by atoms with Crippen LogP contribution in [0.25, 0.3) is 0 Å². The number of hydrogen-bond acceptors (Lipinski definition) is 9. The maximum Gasteiger partial charge on any atom is 0.309 e. The third-order valence-electron chi connectivity index (χ3n) is 10.7. The number of hydrogen-bond donors (Lipinski definition) is 0. The fraction of sp³-hybridized carbons (Fsp3) is 0.808. The molecule has 6 bridgehead atoms. The van der Waals surface area contributed by atoms with Crippen LogP contribution in [-0.4, -0.2) is 59.0 Å². The van der Waals surface area contributed by atoms with Gasteiger partial charge in [0.1, 0.15) is 16.2 Å². The first kappa shape index (κ1) is 27.0. The number of amides is 2. The first-order valence-corrected chi connectivity index (χ1v) is 15.2. The number of carbonyl (C=O) groups is 4. The van der Waals surface area contributed by atoms with Crippen molar-refractivity contribution in [2.75, 3.05) is 0 Å². The molecule has 0 aromatic carbocycles. The van der Waals surface area contributed by atoms with E-state index in [1.54, 1.807) is 0 Å². The van der Waals surface area contributed by atoms with Crippen molar-refractivity contribution in [1.29, 1.82) is 0 Å². The molecular weight excluding hydrogens is 807 g/mol. The number of alkyl halides is 2. The average Bonchev–Trinajstić information content (AvgIpc) is 3.49. The molecule has 1 heterocycles. The number of imide groups is 1. The predicted octanol–water partition coefficient (Wildman–Crippen LogP) is 1.99. The number of halogens is 2. The summed E-state index contributed by atoms with van der Waals surface area (Å²) in [4.78, 5) is 55.1. The molecule has 1 aliphatic heterocycles. The largest absolute Gasteiger partial charge is 0.746 e. The van der Waals surface area contributed by atoms with Gasteiger partial charge in [-0.3, -0.25) is 24.1 Å². The first-order chi connectivity index (χ1) is 18.3. The zero-order chi connectivity index (χ0) is 27.6. The van der Waals surface area contributed by atoms with Crippen LogP contribution in [0.4, 0.5) is 8.78 Å². The summed E-state index contributed by atoms with van der Waals surface area (Å²) in [5, 5.41) is -4.96. The standard InChI is InChI=1S/C26H30F2NO9S.Rf/c27-26(28,39(34,35)36)10-37-23(32)18-16-6-15-17(18)21(30)29(19(15)20(16)38-22(31)14-1-2-14)24(33)25-7-11-3-12(8-25)5-13(4-11)9-25;/h10-20H,1-9H2,(H,34,35,36);/q-1;/p-1. The molecule has 8 fully saturated rings. The number of rotatable bonds is 7. The number of ether oxygens (including phenoxy) is 2. The summed E-state index contributed by atoms with van der Waals surface area (Å²) in [6.45, 7) is -0.621. The van der Waals surface area contributed by atoms with Crippen LogP contribution in [0.1, 0.15) is 57.8 Å². The Morgan fingerprint density at radius 3 is 2.08 bits per heavy atom. The van der Waals surface area contributed by atoms with Crippen molar-refractivity contribution in [2.24, 2.45) is 52.8 Å². The molecule has 0 aromatic heterocycles. The minimum Gasteiger partial charge on any atom is -0.746 e. The summed E-state index contributed by atoms with van der Waals surface area (Å²) in [5.41, 5.74) is -0.661. The molecule has 0 radical (unpaired) electrons. The zero-order valence-electron chi connectivity index (χ0n) is 21.7. The van der Waals surface area contributed by atoms with Crippen LogP contribution in [-0.2, 0) is 38.8 Å². The summed E-state index contributed by atoms with van der Waals surface area (Å²) in [7, 11) is -6.13. The monoisotopic (exact) mass is 836 g/mol. The molecule has 6 atom stereocenters. The molecule has 7 saturated carbocycles. The summed E-state index contributed by atoms with van der Waals surface area (Å²) >= 11 is 0. The molecule has 7 aliphatic carbocycles. The number of likely N-dealkylation sites (tertiary alicyclic amines) is 1. The third kappa shape index (κ3) is 3.70. The molecule has 0 N–H and O–H groups in total. The molecule has 14 heteroatoms. The van der Waals surface area contributed by atoms with Crippen molar-refractivity contribution in [1.82, 2.24) is 4.90 Å². The Kier molecular flexibility index (Phi) is 5.70. The second-order valence-electron chi connectivity index (χ2n) is 13.1. The molecular formula is C26H29F2NO9RfS-2. The van der Waals surface area contributed by atoms with Gasteiger partial charge in [0.05, 0.1) is 29.2 Å². The maximum atomic E-state index is 14.3. The summed E-state index contributed by atoms with van der Waals surface area (Å²) < 4.78 is 70.2. The Morgan fingerprint density at radius 2 is 1.55 bits per heavy atom. The van der Waals surface area contributed by atoms with Crippen LogP contribution in [0.5, 0.6) is 0 Å². The van der Waals surface area contributed by atoms with Gasteiger partial charge in [0.25, 0.3) is 11.2 Å². The minimum atomic E-state index is -6.13. The van der Waals surface area contributed by atoms with E-state index >= 15 is 0 Å². The maximum absolute atomic E-state index is 14.3. The fourth-order valence-corrected chi connectivity index (χ4v) is 9.63. The molecule has 8 aliphatic rings. The summed E-state index contributed by atoms with van der Waals surface area (Å²) in [5.74, 6) is -5.26. The Balaban J connectivity index is 0.00000289. The molecule has 40 heavy (non-hydrogen) atoms. The molecule has 10 nitrogen and oxygen atoms in total. The van der Waals surface area contributed by atoms with E-state index in [-0.39, 0.29) is 18.2 Å². The van der Waals surface area contributed by atoms with E-state index in [0.717, 1.165) is 19.3 Å². The van der Waals surface area contributed by atoms with Crippen molar-refractivity contribution >= 4 is 33.9 Å². The molecule has 8 rings (SSSR count). The van der Waals surface area contributed by atoms with E-state index in [9.17, 15) is 40.9 Å². The van der Waals surface area contributed by atoms with Crippen LogP contribution in [0, 0.1) is 59.4 Å². The van der Waals surface area contributed by atoms with Gasteiger partial charge in [-0.05, 0) is 81.5 Å². The first-order valence-electron chi connectivity index (χ1n) is 13.8. The zero-order valence-corrected chi connectivity index (χ0v) is 28.9. The van der Waals surface area contributed by atoms with Crippen LogP contribution in [0.15, 0.2) is 0 Å². The Hall–Kier alpha value is -3.15. The van der Waals surface area contributed by atoms with E-state index in [1.807, 2.05) is 0 Å². The van der Waals surface area contributed by atoms with Gasteiger partial charge in [0.15, 0.2) is 0 Å². The van der Waals surface area contributed by atoms with E-state index < -0.39 is 81.1 Å². The fourth-order valence-electron chi connectivity index (χ4n) is 9.47. The van der Waals surface area contributed by atoms with Crippen molar-refractivity contribution in [3.05, 3.63) is 6.61 Å². The molecule has 2 amide bonds. The second kappa shape index (κ2) is 8.43. The van der Waals surface area contributed by atoms with Gasteiger partial charge in [0, 0.05) is 5.92 Å². The van der Waals surface area contributed by atoms with E-state index in [0.29, 0.717) is 49.9 Å².